The Morgan fingerprint density at radius 1 is 1.06 bits per heavy atom. The molecule has 0 saturated carbocycles. The van der Waals surface area contributed by atoms with Crippen molar-refractivity contribution in [2.24, 2.45) is 0 Å². The van der Waals surface area contributed by atoms with Gasteiger partial charge in [-0.25, -0.2) is 4.68 Å². The molecule has 0 spiro atoms. The zero-order valence-electron chi connectivity index (χ0n) is 17.2. The number of amides is 1. The smallest absolute Gasteiger partial charge is 0.234 e. The summed E-state index contributed by atoms with van der Waals surface area (Å²) in [6, 6.07) is 22.9. The second kappa shape index (κ2) is 8.97. The molecule has 164 valence electrons. The van der Waals surface area contributed by atoms with Crippen molar-refractivity contribution in [3.63, 3.8) is 0 Å². The lowest BCUT2D eigenvalue weighted by atomic mass is 10.1. The summed E-state index contributed by atoms with van der Waals surface area (Å²) in [6.45, 7) is 0. The van der Waals surface area contributed by atoms with E-state index in [1.807, 2.05) is 60.7 Å². The number of nitrogens with zero attached hydrogens (tertiary/aromatic N) is 4. The number of aromatic amines is 1. The molecule has 2 heterocycles. The highest BCUT2D eigenvalue weighted by atomic mass is 35.5. The molecule has 0 radical (unpaired) electrons. The van der Waals surface area contributed by atoms with Gasteiger partial charge in [0.15, 0.2) is 0 Å². The van der Waals surface area contributed by atoms with Crippen molar-refractivity contribution in [1.29, 1.82) is 0 Å². The van der Waals surface area contributed by atoms with Gasteiger partial charge in [0.25, 0.3) is 0 Å². The van der Waals surface area contributed by atoms with E-state index in [1.54, 1.807) is 12.1 Å². The van der Waals surface area contributed by atoms with Crippen molar-refractivity contribution < 1.29 is 4.79 Å². The van der Waals surface area contributed by atoms with Crippen molar-refractivity contribution in [1.82, 2.24) is 25.1 Å². The number of carbonyl (C=O) groups is 1. The van der Waals surface area contributed by atoms with Crippen molar-refractivity contribution in [3.05, 3.63) is 77.8 Å². The molecular formula is C23H18ClN7OS. The Balaban J connectivity index is 1.27. The van der Waals surface area contributed by atoms with Crippen molar-refractivity contribution in [3.8, 4) is 22.8 Å². The summed E-state index contributed by atoms with van der Waals surface area (Å²) in [5.41, 5.74) is 3.01. The van der Waals surface area contributed by atoms with Gasteiger partial charge in [0.05, 0.1) is 11.4 Å². The Hall–Kier alpha value is -3.82. The molecule has 0 unspecified atom stereocenters. The van der Waals surface area contributed by atoms with Gasteiger partial charge in [-0.05, 0) is 29.7 Å². The van der Waals surface area contributed by atoms with Gasteiger partial charge in [0.1, 0.15) is 5.69 Å². The number of hydrogen-bond donors (Lipinski definition) is 3. The van der Waals surface area contributed by atoms with Crippen LogP contribution in [0.4, 0.5) is 5.69 Å². The number of hydrogen-bond acceptors (Lipinski definition) is 6. The summed E-state index contributed by atoms with van der Waals surface area (Å²) in [4.78, 5) is 12.5. The highest BCUT2D eigenvalue weighted by Crippen LogP contribution is 2.26. The molecule has 0 fully saturated rings. The minimum atomic E-state index is -0.160. The molecular weight excluding hydrogens is 458 g/mol. The number of anilines is 1. The van der Waals surface area contributed by atoms with Gasteiger partial charge < -0.3 is 11.2 Å². The van der Waals surface area contributed by atoms with Gasteiger partial charge in [-0.3, -0.25) is 9.89 Å². The third kappa shape index (κ3) is 4.41. The number of thioether (sulfide) groups is 1. The SMILES string of the molecule is Nn1c(SCC(=O)Nc2cccc3ccccc23)nnc1-c1cc(-c2ccc(Cl)cc2)n[nH]1. The summed E-state index contributed by atoms with van der Waals surface area (Å²) in [5.74, 6) is 6.58. The van der Waals surface area contributed by atoms with Gasteiger partial charge >= 0.3 is 0 Å². The second-order valence-electron chi connectivity index (χ2n) is 7.21. The highest BCUT2D eigenvalue weighted by molar-refractivity contribution is 7.99. The van der Waals surface area contributed by atoms with Crippen LogP contribution in [0.25, 0.3) is 33.5 Å². The maximum absolute atomic E-state index is 12.5. The predicted octanol–water partition coefficient (Wildman–Crippen LogP) is 4.59. The number of nitrogen functional groups attached to an aromatic ring is 1. The molecule has 8 nitrogen and oxygen atoms in total. The van der Waals surface area contributed by atoms with Crippen molar-refractivity contribution >= 4 is 45.7 Å². The first-order chi connectivity index (χ1) is 16.1. The van der Waals surface area contributed by atoms with E-state index in [0.717, 1.165) is 27.7 Å². The van der Waals surface area contributed by atoms with E-state index in [9.17, 15) is 4.79 Å². The van der Waals surface area contributed by atoms with Crippen LogP contribution in [0.2, 0.25) is 5.02 Å². The fourth-order valence-corrected chi connectivity index (χ4v) is 4.20. The number of halogens is 1. The first-order valence-electron chi connectivity index (χ1n) is 10.0. The Labute approximate surface area is 198 Å². The van der Waals surface area contributed by atoms with Crippen LogP contribution in [-0.4, -0.2) is 36.7 Å². The quantitative estimate of drug-likeness (QED) is 0.244. The molecule has 33 heavy (non-hydrogen) atoms. The van der Waals surface area contributed by atoms with E-state index in [0.29, 0.717) is 21.7 Å². The van der Waals surface area contributed by atoms with Gasteiger partial charge in [-0.1, -0.05) is 71.9 Å². The number of carbonyl (C=O) groups excluding carboxylic acids is 1. The maximum atomic E-state index is 12.5. The van der Waals surface area contributed by atoms with Crippen LogP contribution in [0.3, 0.4) is 0 Å². The third-order valence-corrected chi connectivity index (χ3v) is 6.21. The Morgan fingerprint density at radius 3 is 2.70 bits per heavy atom. The number of fused-ring (bicyclic) bond motifs is 1. The minimum Gasteiger partial charge on any atom is -0.335 e. The van der Waals surface area contributed by atoms with E-state index in [2.05, 4.69) is 25.7 Å². The van der Waals surface area contributed by atoms with Gasteiger partial charge in [0.2, 0.25) is 16.9 Å². The third-order valence-electron chi connectivity index (χ3n) is 5.02. The zero-order valence-corrected chi connectivity index (χ0v) is 18.8. The summed E-state index contributed by atoms with van der Waals surface area (Å²) >= 11 is 7.15. The maximum Gasteiger partial charge on any atom is 0.234 e. The Morgan fingerprint density at radius 2 is 1.85 bits per heavy atom. The van der Waals surface area contributed by atoms with E-state index >= 15 is 0 Å². The van der Waals surface area contributed by atoms with Gasteiger partial charge in [-0.2, -0.15) is 5.10 Å². The summed E-state index contributed by atoms with van der Waals surface area (Å²) in [7, 11) is 0. The molecule has 0 bridgehead atoms. The summed E-state index contributed by atoms with van der Waals surface area (Å²) in [6.07, 6.45) is 0. The highest BCUT2D eigenvalue weighted by Gasteiger charge is 2.16. The van der Waals surface area contributed by atoms with Crippen LogP contribution < -0.4 is 11.2 Å². The molecule has 0 saturated heterocycles. The largest absolute Gasteiger partial charge is 0.335 e. The summed E-state index contributed by atoms with van der Waals surface area (Å²) < 4.78 is 1.34. The first-order valence-corrected chi connectivity index (χ1v) is 11.4. The molecule has 5 rings (SSSR count). The van der Waals surface area contributed by atoms with Crippen LogP contribution >= 0.6 is 23.4 Å². The van der Waals surface area contributed by atoms with E-state index < -0.39 is 0 Å². The van der Waals surface area contributed by atoms with E-state index in [1.165, 1.54) is 16.4 Å². The van der Waals surface area contributed by atoms with Gasteiger partial charge in [-0.15, -0.1) is 10.2 Å². The monoisotopic (exact) mass is 475 g/mol. The first kappa shape index (κ1) is 21.0. The Kier molecular flexibility index (Phi) is 5.72. The van der Waals surface area contributed by atoms with Crippen molar-refractivity contribution in [2.75, 3.05) is 16.9 Å². The molecule has 0 aliphatic carbocycles. The second-order valence-corrected chi connectivity index (χ2v) is 8.59. The molecule has 10 heteroatoms. The van der Waals surface area contributed by atoms with Crippen LogP contribution in [0.15, 0.2) is 78.0 Å². The predicted molar refractivity (Wildman–Crippen MR) is 132 cm³/mol. The topological polar surface area (TPSA) is 115 Å². The number of rotatable bonds is 6. The molecule has 0 aliphatic rings. The van der Waals surface area contributed by atoms with Crippen LogP contribution in [-0.2, 0) is 4.79 Å². The molecule has 0 atom stereocenters. The Bertz CT molecular complexity index is 1440. The number of nitrogens with one attached hydrogen (secondary N) is 2. The minimum absolute atomic E-state index is 0.136. The number of aromatic nitrogens is 5. The fourth-order valence-electron chi connectivity index (χ4n) is 3.41. The lowest BCUT2D eigenvalue weighted by Gasteiger charge is -2.08. The molecule has 5 aromatic rings. The fraction of sp³-hybridized carbons (Fsp3) is 0.0435. The number of H-pyrrole nitrogens is 1. The number of nitrogens with two attached hydrogens (primary N) is 1. The molecule has 1 amide bonds. The zero-order chi connectivity index (χ0) is 22.8. The molecule has 4 N–H and O–H groups in total. The van der Waals surface area contributed by atoms with Gasteiger partial charge in [0, 0.05) is 21.7 Å². The van der Waals surface area contributed by atoms with Crippen LogP contribution in [0, 0.1) is 0 Å². The normalized spacial score (nSPS) is 11.1. The average Bonchev–Trinajstić information content (AvgIpc) is 3.45. The lowest BCUT2D eigenvalue weighted by Crippen LogP contribution is -2.16. The number of benzene rings is 3. The molecule has 0 aliphatic heterocycles. The molecule has 3 aromatic carbocycles. The average molecular weight is 476 g/mol. The van der Waals surface area contributed by atoms with Crippen LogP contribution in [0.1, 0.15) is 0 Å². The summed E-state index contributed by atoms with van der Waals surface area (Å²) in [5, 5.41) is 21.6. The van der Waals surface area contributed by atoms with Crippen LogP contribution in [0.5, 0.6) is 0 Å². The van der Waals surface area contributed by atoms with Crippen molar-refractivity contribution in [2.45, 2.75) is 5.16 Å². The molecule has 2 aromatic heterocycles. The van der Waals surface area contributed by atoms with E-state index in [4.69, 9.17) is 17.4 Å². The van der Waals surface area contributed by atoms with E-state index in [-0.39, 0.29) is 11.7 Å². The standard InChI is InChI=1S/C23H18ClN7OS/c24-16-10-8-15(9-11-16)19-12-20(28-27-19)22-29-30-23(31(22)25)33-13-21(32)26-18-7-3-5-14-4-1-2-6-17(14)18/h1-12H,13,25H2,(H,26,32)(H,27,28). The lowest BCUT2D eigenvalue weighted by molar-refractivity contribution is -0.113.